The molecule has 0 aromatic carbocycles. The van der Waals surface area contributed by atoms with Gasteiger partial charge in [-0.25, -0.2) is 4.98 Å². The molecular weight excluding hydrogens is 268 g/mol. The molecule has 0 atom stereocenters. The van der Waals surface area contributed by atoms with Gasteiger partial charge < -0.3 is 10.7 Å². The summed E-state index contributed by atoms with van der Waals surface area (Å²) in [7, 11) is 0. The van der Waals surface area contributed by atoms with Gasteiger partial charge in [0.1, 0.15) is 5.82 Å². The molecule has 1 amide bonds. The molecule has 0 fully saturated rings. The standard InChI is InChI=1S/C12H10ClN4O2/c1-8(18)17(11-3-4-14-7-10(11)13)12-6-9(16-19)2-5-15-12/h2-7H,1H3,(H-,15,16,19)/q-1. The first-order chi connectivity index (χ1) is 9.13. The van der Waals surface area contributed by atoms with Crippen molar-refractivity contribution in [3.05, 3.63) is 47.0 Å². The van der Waals surface area contributed by atoms with Gasteiger partial charge in [0, 0.05) is 37.3 Å². The average Bonchev–Trinajstić information content (AvgIpc) is 2.41. The molecule has 0 bridgehead atoms. The van der Waals surface area contributed by atoms with Gasteiger partial charge in [-0.05, 0) is 12.1 Å². The molecule has 7 heteroatoms. The third-order valence-corrected chi connectivity index (χ3v) is 2.69. The highest BCUT2D eigenvalue weighted by molar-refractivity contribution is 6.33. The number of carbonyl (C=O) groups is 1. The molecule has 98 valence electrons. The van der Waals surface area contributed by atoms with Gasteiger partial charge in [-0.3, -0.25) is 14.7 Å². The maximum absolute atomic E-state index is 11.8. The number of halogens is 1. The van der Waals surface area contributed by atoms with Crippen LogP contribution in [-0.4, -0.2) is 15.9 Å². The second-order valence-corrected chi connectivity index (χ2v) is 4.09. The molecule has 0 saturated heterocycles. The summed E-state index contributed by atoms with van der Waals surface area (Å²) in [6, 6.07) is 4.57. The topological polar surface area (TPSA) is 81.2 Å². The first kappa shape index (κ1) is 13.3. The number of amides is 1. The van der Waals surface area contributed by atoms with Crippen LogP contribution in [0.3, 0.4) is 0 Å². The maximum atomic E-state index is 11.8. The third-order valence-electron chi connectivity index (χ3n) is 2.40. The maximum Gasteiger partial charge on any atom is 0.229 e. The highest BCUT2D eigenvalue weighted by atomic mass is 35.5. The summed E-state index contributed by atoms with van der Waals surface area (Å²) in [5.74, 6) is 0.0325. The van der Waals surface area contributed by atoms with Crippen LogP contribution in [0.15, 0.2) is 36.8 Å². The lowest BCUT2D eigenvalue weighted by atomic mass is 10.3. The highest BCUT2D eigenvalue weighted by Crippen LogP contribution is 2.30. The van der Waals surface area contributed by atoms with Crippen molar-refractivity contribution < 1.29 is 4.79 Å². The lowest BCUT2D eigenvalue weighted by molar-refractivity contribution is -0.115. The Balaban J connectivity index is 2.52. The molecule has 0 radical (unpaired) electrons. The van der Waals surface area contributed by atoms with Crippen LogP contribution in [0.1, 0.15) is 6.92 Å². The lowest BCUT2D eigenvalue weighted by Crippen LogP contribution is -2.24. The Hall–Kier alpha value is -2.18. The monoisotopic (exact) mass is 277 g/mol. The van der Waals surface area contributed by atoms with Crippen molar-refractivity contribution in [2.45, 2.75) is 6.92 Å². The largest absolute Gasteiger partial charge is 0.761 e. The third kappa shape index (κ3) is 2.81. The average molecular weight is 278 g/mol. The van der Waals surface area contributed by atoms with Crippen LogP contribution in [0, 0.1) is 5.21 Å². The van der Waals surface area contributed by atoms with Gasteiger partial charge in [0.15, 0.2) is 0 Å². The van der Waals surface area contributed by atoms with Gasteiger partial charge in [-0.2, -0.15) is 0 Å². The van der Waals surface area contributed by atoms with Gasteiger partial charge in [0.05, 0.1) is 10.7 Å². The van der Waals surface area contributed by atoms with E-state index in [-0.39, 0.29) is 5.91 Å². The minimum atomic E-state index is -0.274. The number of aromatic nitrogens is 2. The summed E-state index contributed by atoms with van der Waals surface area (Å²) in [6.07, 6.45) is 4.38. The smallest absolute Gasteiger partial charge is 0.229 e. The van der Waals surface area contributed by atoms with E-state index in [9.17, 15) is 10.0 Å². The van der Waals surface area contributed by atoms with E-state index >= 15 is 0 Å². The van der Waals surface area contributed by atoms with Gasteiger partial charge in [0.25, 0.3) is 0 Å². The predicted octanol–water partition coefficient (Wildman–Crippen LogP) is 2.72. The minimum Gasteiger partial charge on any atom is -0.761 e. The fraction of sp³-hybridized carbons (Fsp3) is 0.0833. The predicted molar refractivity (Wildman–Crippen MR) is 73.3 cm³/mol. The Morgan fingerprint density at radius 2 is 2.21 bits per heavy atom. The molecule has 0 unspecified atom stereocenters. The molecule has 0 aliphatic heterocycles. The first-order valence-electron chi connectivity index (χ1n) is 5.38. The number of carbonyl (C=O) groups excluding carboxylic acids is 1. The van der Waals surface area contributed by atoms with Crippen LogP contribution >= 0.6 is 11.6 Å². The summed E-state index contributed by atoms with van der Waals surface area (Å²) in [6.45, 7) is 1.38. The minimum absolute atomic E-state index is 0.274. The molecule has 2 aromatic heterocycles. The Morgan fingerprint density at radius 1 is 1.42 bits per heavy atom. The SMILES string of the molecule is CC(=O)N(c1cc(N[O-])ccn1)c1ccncc1Cl. The van der Waals surface area contributed by atoms with Crippen molar-refractivity contribution in [1.82, 2.24) is 9.97 Å². The Labute approximate surface area is 114 Å². The normalized spacial score (nSPS) is 10.1. The van der Waals surface area contributed by atoms with E-state index in [1.54, 1.807) is 11.5 Å². The number of pyridine rings is 2. The molecule has 2 heterocycles. The number of anilines is 3. The number of rotatable bonds is 3. The van der Waals surface area contributed by atoms with E-state index in [0.717, 1.165) is 0 Å². The molecule has 0 aliphatic carbocycles. The number of hydrogen-bond acceptors (Lipinski definition) is 5. The second kappa shape index (κ2) is 5.64. The van der Waals surface area contributed by atoms with Crippen molar-refractivity contribution in [3.8, 4) is 0 Å². The molecule has 1 N–H and O–H groups in total. The van der Waals surface area contributed by atoms with Crippen LogP contribution in [0.25, 0.3) is 0 Å². The lowest BCUT2D eigenvalue weighted by Gasteiger charge is -2.22. The van der Waals surface area contributed by atoms with Crippen LogP contribution in [0.5, 0.6) is 0 Å². The van der Waals surface area contributed by atoms with E-state index in [1.165, 1.54) is 42.5 Å². The zero-order valence-corrected chi connectivity index (χ0v) is 10.8. The Bertz CT molecular complexity index is 606. The van der Waals surface area contributed by atoms with Gasteiger partial charge >= 0.3 is 0 Å². The van der Waals surface area contributed by atoms with E-state index in [2.05, 4.69) is 9.97 Å². The molecule has 0 saturated carbocycles. The van der Waals surface area contributed by atoms with Crippen LogP contribution in [-0.2, 0) is 4.79 Å². The van der Waals surface area contributed by atoms with Crippen LogP contribution < -0.4 is 10.4 Å². The zero-order chi connectivity index (χ0) is 13.8. The molecule has 19 heavy (non-hydrogen) atoms. The Kier molecular flexibility index (Phi) is 3.94. The van der Waals surface area contributed by atoms with Gasteiger partial charge in [0.2, 0.25) is 5.91 Å². The summed E-state index contributed by atoms with van der Waals surface area (Å²) in [4.78, 5) is 21.1. The number of nitrogens with one attached hydrogen (secondary N) is 1. The quantitative estimate of drug-likeness (QED) is 0.873. The van der Waals surface area contributed by atoms with Crippen molar-refractivity contribution >= 4 is 34.7 Å². The van der Waals surface area contributed by atoms with E-state index in [0.29, 0.717) is 22.2 Å². The first-order valence-corrected chi connectivity index (χ1v) is 5.75. The number of hydrogen-bond donors (Lipinski definition) is 1. The summed E-state index contributed by atoms with van der Waals surface area (Å²) in [5.41, 5.74) is 2.52. The number of nitrogens with zero attached hydrogens (tertiary/aromatic N) is 3. The molecule has 2 rings (SSSR count). The molecule has 2 aromatic rings. The second-order valence-electron chi connectivity index (χ2n) is 3.69. The molecule has 6 nitrogen and oxygen atoms in total. The zero-order valence-electron chi connectivity index (χ0n) is 10.0. The summed E-state index contributed by atoms with van der Waals surface area (Å²) < 4.78 is 0. The molecule has 0 aliphatic rings. The highest BCUT2D eigenvalue weighted by Gasteiger charge is 2.18. The van der Waals surface area contributed by atoms with E-state index in [4.69, 9.17) is 11.6 Å². The van der Waals surface area contributed by atoms with Crippen molar-refractivity contribution in [3.63, 3.8) is 0 Å². The van der Waals surface area contributed by atoms with Crippen molar-refractivity contribution in [1.29, 1.82) is 0 Å². The summed E-state index contributed by atoms with van der Waals surface area (Å²) in [5, 5.41) is 11.0. The van der Waals surface area contributed by atoms with Crippen molar-refractivity contribution in [2.75, 3.05) is 10.4 Å². The fourth-order valence-electron chi connectivity index (χ4n) is 1.61. The van der Waals surface area contributed by atoms with E-state index in [1.807, 2.05) is 0 Å². The molecular formula is C12H10ClN4O2-. The summed E-state index contributed by atoms with van der Waals surface area (Å²) >= 11 is 6.03. The van der Waals surface area contributed by atoms with Crippen LogP contribution in [0.4, 0.5) is 17.2 Å². The van der Waals surface area contributed by atoms with E-state index < -0.39 is 0 Å². The van der Waals surface area contributed by atoms with Crippen LogP contribution in [0.2, 0.25) is 5.02 Å². The molecule has 0 spiro atoms. The fourth-order valence-corrected chi connectivity index (χ4v) is 1.81. The van der Waals surface area contributed by atoms with Gasteiger partial charge in [-0.15, -0.1) is 0 Å². The Morgan fingerprint density at radius 3 is 2.84 bits per heavy atom. The van der Waals surface area contributed by atoms with Crippen molar-refractivity contribution in [2.24, 2.45) is 0 Å². The van der Waals surface area contributed by atoms with Gasteiger partial charge in [-0.1, -0.05) is 11.6 Å².